The normalized spacial score (nSPS) is 16.9. The van der Waals surface area contributed by atoms with Gasteiger partial charge in [-0.05, 0) is 46.8 Å². The molecule has 0 atom stereocenters. The Hall–Kier alpha value is -0.790. The van der Waals surface area contributed by atoms with Gasteiger partial charge in [-0.25, -0.2) is 13.1 Å². The van der Waals surface area contributed by atoms with Crippen LogP contribution in [0.5, 0.6) is 5.75 Å². The van der Waals surface area contributed by atoms with Crippen LogP contribution in [0.2, 0.25) is 0 Å². The number of nitrogens with one attached hydrogen (secondary N) is 1. The Bertz CT molecular complexity index is 598. The lowest BCUT2D eigenvalue weighted by Crippen LogP contribution is -2.30. The molecule has 0 spiro atoms. The summed E-state index contributed by atoms with van der Waals surface area (Å²) in [5.74, 6) is 0.708. The van der Waals surface area contributed by atoms with Gasteiger partial charge in [0.15, 0.2) is 0 Å². The maximum Gasteiger partial charge on any atom is 0.244 e. The second-order valence-corrected chi connectivity index (χ2v) is 7.97. The van der Waals surface area contributed by atoms with E-state index in [2.05, 4.69) is 20.7 Å². The third kappa shape index (κ3) is 4.11. The minimum Gasteiger partial charge on any atom is -0.495 e. The van der Waals surface area contributed by atoms with Crippen LogP contribution in [0.1, 0.15) is 32.1 Å². The maximum absolute atomic E-state index is 12.5. The third-order valence-corrected chi connectivity index (χ3v) is 5.99. The van der Waals surface area contributed by atoms with Crippen molar-refractivity contribution in [2.75, 3.05) is 19.4 Å². The molecule has 0 heterocycles. The first-order valence-corrected chi connectivity index (χ1v) is 9.34. The summed E-state index contributed by atoms with van der Waals surface area (Å²) >= 11 is 3.27. The van der Waals surface area contributed by atoms with Gasteiger partial charge < -0.3 is 10.5 Å². The largest absolute Gasteiger partial charge is 0.495 e. The molecular formula is C14H21BrN2O3S. The highest BCUT2D eigenvalue weighted by Gasteiger charge is 2.23. The van der Waals surface area contributed by atoms with Crippen molar-refractivity contribution in [3.8, 4) is 5.75 Å². The first kappa shape index (κ1) is 16.6. The van der Waals surface area contributed by atoms with Crippen LogP contribution in [0.25, 0.3) is 0 Å². The van der Waals surface area contributed by atoms with Gasteiger partial charge in [-0.2, -0.15) is 0 Å². The number of halogens is 1. The third-order valence-electron chi connectivity index (χ3n) is 3.86. The molecule has 0 aliphatic heterocycles. The number of rotatable bonds is 5. The van der Waals surface area contributed by atoms with E-state index in [1.54, 1.807) is 6.07 Å². The number of anilines is 1. The molecule has 5 nitrogen and oxygen atoms in total. The molecule has 1 fully saturated rings. The average molecular weight is 377 g/mol. The highest BCUT2D eigenvalue weighted by molar-refractivity contribution is 9.10. The molecule has 1 aliphatic rings. The second-order valence-electron chi connectivity index (χ2n) is 5.38. The average Bonchev–Trinajstić information content (AvgIpc) is 2.48. The van der Waals surface area contributed by atoms with Crippen molar-refractivity contribution in [3.63, 3.8) is 0 Å². The van der Waals surface area contributed by atoms with Gasteiger partial charge in [-0.3, -0.25) is 0 Å². The van der Waals surface area contributed by atoms with Crippen LogP contribution in [-0.4, -0.2) is 22.1 Å². The van der Waals surface area contributed by atoms with Gasteiger partial charge in [0.05, 0.1) is 7.11 Å². The lowest BCUT2D eigenvalue weighted by molar-refractivity contribution is 0.356. The molecule has 0 aromatic heterocycles. The van der Waals surface area contributed by atoms with Crippen molar-refractivity contribution in [2.45, 2.75) is 37.0 Å². The number of nitrogens with two attached hydrogens (primary N) is 1. The van der Waals surface area contributed by atoms with E-state index < -0.39 is 10.0 Å². The molecule has 1 saturated carbocycles. The number of hydrogen-bond donors (Lipinski definition) is 2. The Morgan fingerprint density at radius 3 is 2.62 bits per heavy atom. The molecule has 2 rings (SSSR count). The van der Waals surface area contributed by atoms with Crippen molar-refractivity contribution in [1.29, 1.82) is 0 Å². The summed E-state index contributed by atoms with van der Waals surface area (Å²) in [6, 6.07) is 3.00. The van der Waals surface area contributed by atoms with Crippen molar-refractivity contribution in [3.05, 3.63) is 16.6 Å². The fraction of sp³-hybridized carbons (Fsp3) is 0.571. The van der Waals surface area contributed by atoms with Crippen LogP contribution in [-0.2, 0) is 10.0 Å². The topological polar surface area (TPSA) is 81.4 Å². The Morgan fingerprint density at radius 1 is 1.33 bits per heavy atom. The molecule has 0 saturated heterocycles. The molecule has 0 radical (unpaired) electrons. The Balaban J connectivity index is 2.16. The van der Waals surface area contributed by atoms with Crippen LogP contribution >= 0.6 is 15.9 Å². The number of nitrogen functional groups attached to an aromatic ring is 1. The number of benzene rings is 1. The van der Waals surface area contributed by atoms with Crippen molar-refractivity contribution in [2.24, 2.45) is 5.92 Å². The molecule has 0 bridgehead atoms. The zero-order valence-corrected chi connectivity index (χ0v) is 14.5. The predicted octanol–water partition coefficient (Wildman–Crippen LogP) is 2.90. The summed E-state index contributed by atoms with van der Waals surface area (Å²) in [6.07, 6.45) is 5.78. The van der Waals surface area contributed by atoms with Crippen LogP contribution in [0.15, 0.2) is 21.5 Å². The summed E-state index contributed by atoms with van der Waals surface area (Å²) in [5, 5.41) is 0. The zero-order chi connectivity index (χ0) is 15.5. The number of methoxy groups -OCH3 is 1. The highest BCUT2D eigenvalue weighted by Crippen LogP contribution is 2.32. The van der Waals surface area contributed by atoms with E-state index >= 15 is 0 Å². The minimum atomic E-state index is -3.62. The van der Waals surface area contributed by atoms with Crippen molar-refractivity contribution >= 4 is 31.6 Å². The SMILES string of the molecule is COc1cc(Br)c(N)cc1S(=O)(=O)NCC1CCCCC1. The molecule has 0 unspecified atom stereocenters. The summed E-state index contributed by atoms with van der Waals surface area (Å²) < 4.78 is 33.4. The predicted molar refractivity (Wildman–Crippen MR) is 86.9 cm³/mol. The van der Waals surface area contributed by atoms with Gasteiger partial charge in [0.2, 0.25) is 10.0 Å². The van der Waals surface area contributed by atoms with E-state index in [4.69, 9.17) is 10.5 Å². The molecule has 0 amide bonds. The van der Waals surface area contributed by atoms with Crippen LogP contribution < -0.4 is 15.2 Å². The van der Waals surface area contributed by atoms with Gasteiger partial charge in [0.1, 0.15) is 10.6 Å². The van der Waals surface area contributed by atoms with E-state index in [1.807, 2.05) is 0 Å². The first-order chi connectivity index (χ1) is 9.94. The molecule has 1 aromatic rings. The van der Waals surface area contributed by atoms with Gasteiger partial charge in [-0.1, -0.05) is 19.3 Å². The second kappa shape index (κ2) is 6.98. The summed E-state index contributed by atoms with van der Waals surface area (Å²) in [6.45, 7) is 0.474. The van der Waals surface area contributed by atoms with E-state index in [9.17, 15) is 8.42 Å². The number of hydrogen-bond acceptors (Lipinski definition) is 4. The summed E-state index contributed by atoms with van der Waals surface area (Å²) in [4.78, 5) is 0.0847. The molecule has 1 aliphatic carbocycles. The lowest BCUT2D eigenvalue weighted by Gasteiger charge is -2.22. The minimum absolute atomic E-state index is 0.0847. The van der Waals surface area contributed by atoms with Crippen molar-refractivity contribution < 1.29 is 13.2 Å². The molecule has 3 N–H and O–H groups in total. The van der Waals surface area contributed by atoms with E-state index in [0.717, 1.165) is 12.8 Å². The first-order valence-electron chi connectivity index (χ1n) is 7.06. The fourth-order valence-corrected chi connectivity index (χ4v) is 4.24. The van der Waals surface area contributed by atoms with Gasteiger partial charge >= 0.3 is 0 Å². The molecular weight excluding hydrogens is 356 g/mol. The Morgan fingerprint density at radius 2 is 2.00 bits per heavy atom. The Kier molecular flexibility index (Phi) is 5.51. The molecule has 21 heavy (non-hydrogen) atoms. The van der Waals surface area contributed by atoms with Gasteiger partial charge in [0, 0.05) is 16.7 Å². The van der Waals surface area contributed by atoms with Crippen LogP contribution in [0.4, 0.5) is 5.69 Å². The summed E-state index contributed by atoms with van der Waals surface area (Å²) in [7, 11) is -2.17. The molecule has 118 valence electrons. The number of ether oxygens (including phenoxy) is 1. The highest BCUT2D eigenvalue weighted by atomic mass is 79.9. The zero-order valence-electron chi connectivity index (χ0n) is 12.1. The monoisotopic (exact) mass is 376 g/mol. The Labute approximate surface area is 134 Å². The van der Waals surface area contributed by atoms with E-state index in [1.165, 1.54) is 32.4 Å². The van der Waals surface area contributed by atoms with E-state index in [0.29, 0.717) is 22.6 Å². The lowest BCUT2D eigenvalue weighted by atomic mass is 9.90. The molecule has 1 aromatic carbocycles. The number of sulfonamides is 1. The quantitative estimate of drug-likeness (QED) is 0.774. The summed E-state index contributed by atoms with van der Waals surface area (Å²) in [5.41, 5.74) is 6.15. The fourth-order valence-electron chi connectivity index (χ4n) is 2.62. The van der Waals surface area contributed by atoms with Gasteiger partial charge in [0.25, 0.3) is 0 Å². The maximum atomic E-state index is 12.5. The van der Waals surface area contributed by atoms with Gasteiger partial charge in [-0.15, -0.1) is 0 Å². The van der Waals surface area contributed by atoms with Crippen molar-refractivity contribution in [1.82, 2.24) is 4.72 Å². The van der Waals surface area contributed by atoms with Crippen LogP contribution in [0.3, 0.4) is 0 Å². The smallest absolute Gasteiger partial charge is 0.244 e. The molecule has 7 heteroatoms. The standard InChI is InChI=1S/C14H21BrN2O3S/c1-20-13-7-11(15)12(16)8-14(13)21(18,19)17-9-10-5-3-2-4-6-10/h7-8,10,17H,2-6,9,16H2,1H3. The van der Waals surface area contributed by atoms with E-state index in [-0.39, 0.29) is 10.6 Å². The van der Waals surface area contributed by atoms with Crippen LogP contribution in [0, 0.1) is 5.92 Å².